The molecular weight excluding hydrogens is 240 g/mol. The quantitative estimate of drug-likeness (QED) is 0.900. The summed E-state index contributed by atoms with van der Waals surface area (Å²) in [6.07, 6.45) is 1.79. The maximum Gasteiger partial charge on any atom is 0.242 e. The number of carbonyl (C=O) groups is 1. The minimum absolute atomic E-state index is 0.194. The highest BCUT2D eigenvalue weighted by atomic mass is 16.3. The smallest absolute Gasteiger partial charge is 0.242 e. The number of carbonyl (C=O) groups excluding carboxylic acids is 1. The molecule has 1 aromatic carbocycles. The molecule has 1 atom stereocenters. The van der Waals surface area contributed by atoms with Crippen LogP contribution in [0.2, 0.25) is 0 Å². The van der Waals surface area contributed by atoms with Gasteiger partial charge in [0.25, 0.3) is 0 Å². The zero-order chi connectivity index (χ0) is 13.8. The highest BCUT2D eigenvalue weighted by Gasteiger charge is 2.19. The van der Waals surface area contributed by atoms with Gasteiger partial charge >= 0.3 is 0 Å². The number of anilines is 1. The molecule has 0 aromatic heterocycles. The molecule has 1 aromatic rings. The van der Waals surface area contributed by atoms with Gasteiger partial charge in [0, 0.05) is 25.8 Å². The first-order chi connectivity index (χ1) is 9.08. The van der Waals surface area contributed by atoms with E-state index in [1.54, 1.807) is 6.92 Å². The number of aliphatic hydroxyl groups is 1. The Labute approximate surface area is 114 Å². The molecule has 0 saturated carbocycles. The van der Waals surface area contributed by atoms with E-state index in [1.165, 1.54) is 0 Å². The van der Waals surface area contributed by atoms with E-state index >= 15 is 0 Å². The maximum atomic E-state index is 12.0. The van der Waals surface area contributed by atoms with Gasteiger partial charge in [0.15, 0.2) is 0 Å². The zero-order valence-electron chi connectivity index (χ0n) is 11.7. The van der Waals surface area contributed by atoms with Crippen molar-refractivity contribution in [2.75, 3.05) is 31.6 Å². The van der Waals surface area contributed by atoms with Crippen LogP contribution in [0.5, 0.6) is 0 Å². The molecule has 1 amide bonds. The molecule has 1 heterocycles. The molecule has 1 aliphatic rings. The lowest BCUT2D eigenvalue weighted by Gasteiger charge is -2.23. The van der Waals surface area contributed by atoms with Crippen LogP contribution in [0, 0.1) is 0 Å². The van der Waals surface area contributed by atoms with Crippen molar-refractivity contribution in [2.24, 2.45) is 0 Å². The monoisotopic (exact) mass is 262 g/mol. The topological polar surface area (TPSA) is 43.8 Å². The summed E-state index contributed by atoms with van der Waals surface area (Å²) >= 11 is 0. The van der Waals surface area contributed by atoms with Crippen molar-refractivity contribution in [2.45, 2.75) is 25.9 Å². The molecule has 1 unspecified atom stereocenters. The van der Waals surface area contributed by atoms with E-state index in [4.69, 9.17) is 0 Å². The van der Waals surface area contributed by atoms with E-state index in [0.29, 0.717) is 6.54 Å². The first-order valence-electron chi connectivity index (χ1n) is 6.85. The standard InChI is InChI=1S/C15H22N2O2/c1-12(18)13-5-7-14(8-6-13)16(2)11-15(19)17-9-3-4-10-17/h5-8,12,18H,3-4,9-11H2,1-2H3. The van der Waals surface area contributed by atoms with E-state index in [1.807, 2.05) is 41.1 Å². The van der Waals surface area contributed by atoms with Gasteiger partial charge in [-0.15, -0.1) is 0 Å². The molecule has 0 spiro atoms. The van der Waals surface area contributed by atoms with Crippen LogP contribution in [0.1, 0.15) is 31.4 Å². The van der Waals surface area contributed by atoms with Crippen molar-refractivity contribution in [1.29, 1.82) is 0 Å². The number of amides is 1. The molecule has 4 nitrogen and oxygen atoms in total. The Hall–Kier alpha value is -1.55. The van der Waals surface area contributed by atoms with Crippen LogP contribution in [-0.2, 0) is 4.79 Å². The van der Waals surface area contributed by atoms with Crippen LogP contribution in [0.3, 0.4) is 0 Å². The summed E-state index contributed by atoms with van der Waals surface area (Å²) in [5.74, 6) is 0.194. The van der Waals surface area contributed by atoms with E-state index in [-0.39, 0.29) is 5.91 Å². The molecule has 0 radical (unpaired) electrons. The van der Waals surface area contributed by atoms with Crippen molar-refractivity contribution in [3.8, 4) is 0 Å². The number of likely N-dealkylation sites (tertiary alicyclic amines) is 1. The summed E-state index contributed by atoms with van der Waals surface area (Å²) in [5, 5.41) is 9.47. The largest absolute Gasteiger partial charge is 0.389 e. The Kier molecular flexibility index (Phi) is 4.43. The number of rotatable bonds is 4. The summed E-state index contributed by atoms with van der Waals surface area (Å²) < 4.78 is 0. The van der Waals surface area contributed by atoms with Crippen LogP contribution >= 0.6 is 0 Å². The summed E-state index contributed by atoms with van der Waals surface area (Å²) in [6, 6.07) is 7.69. The van der Waals surface area contributed by atoms with Gasteiger partial charge < -0.3 is 14.9 Å². The minimum atomic E-state index is -0.453. The molecule has 2 rings (SSSR count). The SMILES string of the molecule is CC(O)c1ccc(N(C)CC(=O)N2CCCC2)cc1. The number of nitrogens with zero attached hydrogens (tertiary/aromatic N) is 2. The Morgan fingerprint density at radius 1 is 1.32 bits per heavy atom. The Bertz CT molecular complexity index is 422. The summed E-state index contributed by atoms with van der Waals surface area (Å²) in [6.45, 7) is 3.95. The number of likely N-dealkylation sites (N-methyl/N-ethyl adjacent to an activating group) is 1. The molecule has 1 aliphatic heterocycles. The van der Waals surface area contributed by atoms with Gasteiger partial charge in [-0.3, -0.25) is 4.79 Å². The van der Waals surface area contributed by atoms with Crippen LogP contribution in [0.4, 0.5) is 5.69 Å². The summed E-state index contributed by atoms with van der Waals surface area (Å²) in [7, 11) is 1.92. The zero-order valence-corrected chi connectivity index (χ0v) is 11.7. The van der Waals surface area contributed by atoms with Crippen molar-refractivity contribution in [1.82, 2.24) is 4.90 Å². The number of aliphatic hydroxyl groups excluding tert-OH is 1. The molecule has 104 valence electrons. The number of benzene rings is 1. The first-order valence-corrected chi connectivity index (χ1v) is 6.85. The molecule has 1 saturated heterocycles. The van der Waals surface area contributed by atoms with Gasteiger partial charge in [-0.25, -0.2) is 0 Å². The molecular formula is C15H22N2O2. The molecule has 0 bridgehead atoms. The third-order valence-corrected chi connectivity index (χ3v) is 3.65. The first kappa shape index (κ1) is 13.9. The average molecular weight is 262 g/mol. The molecule has 1 N–H and O–H groups in total. The summed E-state index contributed by atoms with van der Waals surface area (Å²) in [5.41, 5.74) is 1.89. The summed E-state index contributed by atoms with van der Waals surface area (Å²) in [4.78, 5) is 15.9. The second-order valence-corrected chi connectivity index (χ2v) is 5.21. The third kappa shape index (κ3) is 3.47. The van der Waals surface area contributed by atoms with Gasteiger partial charge in [0.05, 0.1) is 12.6 Å². The third-order valence-electron chi connectivity index (χ3n) is 3.65. The highest BCUT2D eigenvalue weighted by molar-refractivity contribution is 5.81. The second-order valence-electron chi connectivity index (χ2n) is 5.21. The maximum absolute atomic E-state index is 12.0. The van der Waals surface area contributed by atoms with Crippen molar-refractivity contribution in [3.05, 3.63) is 29.8 Å². The normalized spacial score (nSPS) is 16.5. The fourth-order valence-corrected chi connectivity index (χ4v) is 2.37. The Morgan fingerprint density at radius 3 is 2.42 bits per heavy atom. The fourth-order valence-electron chi connectivity index (χ4n) is 2.37. The van der Waals surface area contributed by atoms with Crippen LogP contribution in [0.25, 0.3) is 0 Å². The van der Waals surface area contributed by atoms with Gasteiger partial charge in [-0.2, -0.15) is 0 Å². The number of hydrogen-bond donors (Lipinski definition) is 1. The van der Waals surface area contributed by atoms with Gasteiger partial charge in [-0.05, 0) is 37.5 Å². The molecule has 0 aliphatic carbocycles. The second kappa shape index (κ2) is 6.06. The predicted octanol–water partition coefficient (Wildman–Crippen LogP) is 1.80. The van der Waals surface area contributed by atoms with Gasteiger partial charge in [0.2, 0.25) is 5.91 Å². The van der Waals surface area contributed by atoms with Crippen LogP contribution in [0.15, 0.2) is 24.3 Å². The van der Waals surface area contributed by atoms with Crippen molar-refractivity contribution < 1.29 is 9.90 Å². The lowest BCUT2D eigenvalue weighted by molar-refractivity contribution is -0.128. The van der Waals surface area contributed by atoms with E-state index in [9.17, 15) is 9.90 Å². The van der Waals surface area contributed by atoms with Gasteiger partial charge in [0.1, 0.15) is 0 Å². The van der Waals surface area contributed by atoms with Crippen LogP contribution in [-0.4, -0.2) is 42.6 Å². The number of hydrogen-bond acceptors (Lipinski definition) is 3. The molecule has 4 heteroatoms. The van der Waals surface area contributed by atoms with Crippen molar-refractivity contribution in [3.63, 3.8) is 0 Å². The highest BCUT2D eigenvalue weighted by Crippen LogP contribution is 2.18. The minimum Gasteiger partial charge on any atom is -0.389 e. The lowest BCUT2D eigenvalue weighted by Crippen LogP contribution is -2.37. The lowest BCUT2D eigenvalue weighted by atomic mass is 10.1. The molecule has 19 heavy (non-hydrogen) atoms. The van der Waals surface area contributed by atoms with E-state index in [2.05, 4.69) is 0 Å². The Morgan fingerprint density at radius 2 is 1.89 bits per heavy atom. The van der Waals surface area contributed by atoms with E-state index < -0.39 is 6.10 Å². The van der Waals surface area contributed by atoms with Gasteiger partial charge in [-0.1, -0.05) is 12.1 Å². The van der Waals surface area contributed by atoms with Crippen molar-refractivity contribution >= 4 is 11.6 Å². The molecule has 1 fully saturated rings. The Balaban J connectivity index is 1.95. The fraction of sp³-hybridized carbons (Fsp3) is 0.533. The van der Waals surface area contributed by atoms with Crippen LogP contribution < -0.4 is 4.90 Å². The average Bonchev–Trinajstić information content (AvgIpc) is 2.92. The van der Waals surface area contributed by atoms with E-state index in [0.717, 1.165) is 37.2 Å². The predicted molar refractivity (Wildman–Crippen MR) is 76.2 cm³/mol.